The number of hydrogen-bond donors (Lipinski definition) is 2. The Morgan fingerprint density at radius 1 is 1.29 bits per heavy atom. The third-order valence-corrected chi connectivity index (χ3v) is 3.64. The Kier molecular flexibility index (Phi) is 6.00. The first kappa shape index (κ1) is 16.3. The molecule has 1 aliphatic carbocycles. The fraction of sp³-hybridized carbons (Fsp3) is 0.929. The second-order valence-electron chi connectivity index (χ2n) is 6.12. The maximum absolute atomic E-state index is 10.9. The summed E-state index contributed by atoms with van der Waals surface area (Å²) in [5.74, 6) is 0. The van der Waals surface area contributed by atoms with E-state index in [9.17, 15) is 4.79 Å². The molecule has 0 radical (unpaired) electrons. The average molecular weight is 242 g/mol. The summed E-state index contributed by atoms with van der Waals surface area (Å²) >= 11 is 0. The SMILES string of the molecule is CC.CCC1(C)CC(NC(N)=O)CC(C)(C)C1. The van der Waals surface area contributed by atoms with Crippen molar-refractivity contribution >= 4 is 6.03 Å². The van der Waals surface area contributed by atoms with Gasteiger partial charge in [-0.15, -0.1) is 0 Å². The van der Waals surface area contributed by atoms with E-state index >= 15 is 0 Å². The van der Waals surface area contributed by atoms with Gasteiger partial charge in [-0.3, -0.25) is 0 Å². The number of urea groups is 1. The van der Waals surface area contributed by atoms with Gasteiger partial charge in [0.2, 0.25) is 0 Å². The Bertz CT molecular complexity index is 251. The van der Waals surface area contributed by atoms with Crippen LogP contribution < -0.4 is 11.1 Å². The molecule has 0 spiro atoms. The lowest BCUT2D eigenvalue weighted by atomic mass is 9.62. The summed E-state index contributed by atoms with van der Waals surface area (Å²) in [4.78, 5) is 10.9. The molecule has 3 nitrogen and oxygen atoms in total. The second-order valence-corrected chi connectivity index (χ2v) is 6.12. The van der Waals surface area contributed by atoms with Gasteiger partial charge in [-0.2, -0.15) is 0 Å². The van der Waals surface area contributed by atoms with Crippen LogP contribution in [-0.4, -0.2) is 12.1 Å². The standard InChI is InChI=1S/C12H24N2O.C2H6/c1-5-12(4)7-9(14-10(13)15)6-11(2,3)8-12;1-2/h9H,5-8H2,1-4H3,(H3,13,14,15);1-2H3. The van der Waals surface area contributed by atoms with E-state index in [1.54, 1.807) is 0 Å². The summed E-state index contributed by atoms with van der Waals surface area (Å²) in [5.41, 5.74) is 5.84. The van der Waals surface area contributed by atoms with Crippen molar-refractivity contribution in [2.45, 2.75) is 73.3 Å². The zero-order valence-corrected chi connectivity index (χ0v) is 12.4. The van der Waals surface area contributed by atoms with Crippen LogP contribution in [0, 0.1) is 10.8 Å². The zero-order chi connectivity index (χ0) is 13.7. The van der Waals surface area contributed by atoms with Gasteiger partial charge >= 0.3 is 6.03 Å². The Hall–Kier alpha value is -0.730. The third-order valence-electron chi connectivity index (χ3n) is 3.64. The summed E-state index contributed by atoms with van der Waals surface area (Å²) in [6.45, 7) is 13.1. The van der Waals surface area contributed by atoms with Crippen LogP contribution in [0.2, 0.25) is 0 Å². The molecule has 1 fully saturated rings. The molecule has 1 saturated carbocycles. The summed E-state index contributed by atoms with van der Waals surface area (Å²) in [7, 11) is 0. The minimum atomic E-state index is -0.392. The van der Waals surface area contributed by atoms with E-state index in [1.165, 1.54) is 6.42 Å². The Morgan fingerprint density at radius 3 is 2.24 bits per heavy atom. The van der Waals surface area contributed by atoms with Gasteiger partial charge in [-0.05, 0) is 30.1 Å². The van der Waals surface area contributed by atoms with Gasteiger partial charge in [0.25, 0.3) is 0 Å². The van der Waals surface area contributed by atoms with Crippen LogP contribution >= 0.6 is 0 Å². The molecule has 3 N–H and O–H groups in total. The lowest BCUT2D eigenvalue weighted by Gasteiger charge is -2.46. The Labute approximate surface area is 107 Å². The van der Waals surface area contributed by atoms with Crippen LogP contribution in [0.5, 0.6) is 0 Å². The third kappa shape index (κ3) is 5.42. The van der Waals surface area contributed by atoms with E-state index < -0.39 is 6.03 Å². The van der Waals surface area contributed by atoms with E-state index in [0.717, 1.165) is 19.3 Å². The quantitative estimate of drug-likeness (QED) is 0.762. The average Bonchev–Trinajstić information content (AvgIpc) is 2.16. The number of amides is 2. The zero-order valence-electron chi connectivity index (χ0n) is 12.4. The minimum absolute atomic E-state index is 0.246. The normalized spacial score (nSPS) is 31.1. The van der Waals surface area contributed by atoms with Crippen molar-refractivity contribution in [3.8, 4) is 0 Å². The number of hydrogen-bond acceptors (Lipinski definition) is 1. The van der Waals surface area contributed by atoms with Gasteiger partial charge in [-0.25, -0.2) is 4.79 Å². The Balaban J connectivity index is 0.00000121. The molecular formula is C14H30N2O. The van der Waals surface area contributed by atoms with Crippen molar-refractivity contribution in [3.05, 3.63) is 0 Å². The molecule has 2 atom stereocenters. The monoisotopic (exact) mass is 242 g/mol. The van der Waals surface area contributed by atoms with Crippen molar-refractivity contribution < 1.29 is 4.79 Å². The molecule has 2 unspecified atom stereocenters. The number of rotatable bonds is 2. The number of primary amides is 1. The van der Waals surface area contributed by atoms with E-state index in [0.29, 0.717) is 10.8 Å². The molecule has 102 valence electrons. The highest BCUT2D eigenvalue weighted by Crippen LogP contribution is 2.47. The smallest absolute Gasteiger partial charge is 0.312 e. The van der Waals surface area contributed by atoms with Crippen molar-refractivity contribution in [1.29, 1.82) is 0 Å². The van der Waals surface area contributed by atoms with Crippen LogP contribution in [0.4, 0.5) is 4.79 Å². The molecular weight excluding hydrogens is 212 g/mol. The molecule has 0 aromatic carbocycles. The second kappa shape index (κ2) is 6.27. The highest BCUT2D eigenvalue weighted by molar-refractivity contribution is 5.71. The van der Waals surface area contributed by atoms with Crippen LogP contribution in [0.1, 0.15) is 67.2 Å². The molecule has 1 aliphatic rings. The summed E-state index contributed by atoms with van der Waals surface area (Å²) in [6, 6.07) is -0.146. The lowest BCUT2D eigenvalue weighted by molar-refractivity contribution is 0.0714. The van der Waals surface area contributed by atoms with Gasteiger partial charge in [0.1, 0.15) is 0 Å². The first-order valence-electron chi connectivity index (χ1n) is 6.82. The first-order valence-corrected chi connectivity index (χ1v) is 6.82. The molecule has 0 aliphatic heterocycles. The summed E-state index contributed by atoms with van der Waals surface area (Å²) < 4.78 is 0. The molecule has 0 heterocycles. The molecule has 0 bridgehead atoms. The van der Waals surface area contributed by atoms with E-state index in [-0.39, 0.29) is 6.04 Å². The molecule has 0 aromatic heterocycles. The van der Waals surface area contributed by atoms with Crippen LogP contribution in [0.15, 0.2) is 0 Å². The van der Waals surface area contributed by atoms with Crippen LogP contribution in [-0.2, 0) is 0 Å². The number of nitrogens with two attached hydrogens (primary N) is 1. The van der Waals surface area contributed by atoms with Crippen molar-refractivity contribution in [2.75, 3.05) is 0 Å². The molecule has 0 aromatic rings. The predicted octanol–water partition coefficient (Wildman–Crippen LogP) is 3.68. The van der Waals surface area contributed by atoms with E-state index in [4.69, 9.17) is 5.73 Å². The minimum Gasteiger partial charge on any atom is -0.352 e. The number of nitrogens with one attached hydrogen (secondary N) is 1. The number of carbonyl (C=O) groups is 1. The molecule has 3 heteroatoms. The van der Waals surface area contributed by atoms with Gasteiger partial charge in [0.05, 0.1) is 0 Å². The predicted molar refractivity (Wildman–Crippen MR) is 73.9 cm³/mol. The number of carbonyl (C=O) groups excluding carboxylic acids is 1. The molecule has 0 saturated heterocycles. The van der Waals surface area contributed by atoms with Gasteiger partial charge in [0.15, 0.2) is 0 Å². The molecule has 17 heavy (non-hydrogen) atoms. The van der Waals surface area contributed by atoms with Gasteiger partial charge in [-0.1, -0.05) is 48.0 Å². The van der Waals surface area contributed by atoms with Gasteiger partial charge < -0.3 is 11.1 Å². The summed E-state index contributed by atoms with van der Waals surface area (Å²) in [5, 5.41) is 2.87. The van der Waals surface area contributed by atoms with Crippen molar-refractivity contribution in [1.82, 2.24) is 5.32 Å². The highest BCUT2D eigenvalue weighted by Gasteiger charge is 2.40. The summed E-state index contributed by atoms with van der Waals surface area (Å²) in [6.07, 6.45) is 4.47. The molecule has 2 amide bonds. The van der Waals surface area contributed by atoms with Crippen molar-refractivity contribution in [3.63, 3.8) is 0 Å². The molecule has 1 rings (SSSR count). The van der Waals surface area contributed by atoms with Crippen LogP contribution in [0.3, 0.4) is 0 Å². The highest BCUT2D eigenvalue weighted by atomic mass is 16.2. The lowest BCUT2D eigenvalue weighted by Crippen LogP contribution is -2.48. The fourth-order valence-electron chi connectivity index (χ4n) is 3.21. The fourth-order valence-corrected chi connectivity index (χ4v) is 3.21. The van der Waals surface area contributed by atoms with E-state index in [1.807, 2.05) is 13.8 Å². The van der Waals surface area contributed by atoms with E-state index in [2.05, 4.69) is 33.0 Å². The Morgan fingerprint density at radius 2 is 1.82 bits per heavy atom. The maximum Gasteiger partial charge on any atom is 0.312 e. The van der Waals surface area contributed by atoms with Gasteiger partial charge in [0, 0.05) is 6.04 Å². The first-order chi connectivity index (χ1) is 7.76. The maximum atomic E-state index is 10.9. The van der Waals surface area contributed by atoms with Crippen LogP contribution in [0.25, 0.3) is 0 Å². The topological polar surface area (TPSA) is 55.1 Å². The largest absolute Gasteiger partial charge is 0.352 e. The van der Waals surface area contributed by atoms with Crippen molar-refractivity contribution in [2.24, 2.45) is 16.6 Å².